The zero-order chi connectivity index (χ0) is 14.8. The molecule has 106 valence electrons. The van der Waals surface area contributed by atoms with Crippen LogP contribution in [0.5, 0.6) is 11.5 Å². The molecule has 1 aromatic heterocycles. The number of hydrogen-bond donors (Lipinski definition) is 1. The normalized spacial score (nSPS) is 11.2. The number of hydrogen-bond acceptors (Lipinski definition) is 4. The van der Waals surface area contributed by atoms with E-state index in [2.05, 4.69) is 4.98 Å². The van der Waals surface area contributed by atoms with Crippen LogP contribution in [0.3, 0.4) is 0 Å². The monoisotopic (exact) mass is 273 g/mol. The first kappa shape index (κ1) is 14.3. The molecular formula is C16H19NO3. The van der Waals surface area contributed by atoms with E-state index in [1.165, 1.54) is 0 Å². The van der Waals surface area contributed by atoms with Crippen LogP contribution >= 0.6 is 0 Å². The van der Waals surface area contributed by atoms with Crippen LogP contribution in [0, 0.1) is 0 Å². The molecule has 2 aromatic rings. The molecule has 0 atom stereocenters. The van der Waals surface area contributed by atoms with Crippen LogP contribution < -0.4 is 9.47 Å². The molecule has 0 unspecified atom stereocenters. The van der Waals surface area contributed by atoms with Gasteiger partial charge < -0.3 is 14.6 Å². The summed E-state index contributed by atoms with van der Waals surface area (Å²) in [4.78, 5) is 4.19. The summed E-state index contributed by atoms with van der Waals surface area (Å²) in [6.45, 7) is 3.48. The maximum Gasteiger partial charge on any atom is 0.161 e. The number of aliphatic hydroxyl groups is 1. The molecule has 0 aliphatic rings. The van der Waals surface area contributed by atoms with Crippen molar-refractivity contribution in [3.05, 3.63) is 42.2 Å². The quantitative estimate of drug-likeness (QED) is 0.930. The van der Waals surface area contributed by atoms with Gasteiger partial charge in [0, 0.05) is 23.5 Å². The second-order valence-electron chi connectivity index (χ2n) is 5.09. The summed E-state index contributed by atoms with van der Waals surface area (Å²) in [6.07, 6.45) is 3.43. The maximum absolute atomic E-state index is 10.1. The minimum absolute atomic E-state index is 0.665. The maximum atomic E-state index is 10.1. The van der Waals surface area contributed by atoms with Gasteiger partial charge in [0.2, 0.25) is 0 Å². The summed E-state index contributed by atoms with van der Waals surface area (Å²) in [5.74, 6) is 1.35. The van der Waals surface area contributed by atoms with Crippen LogP contribution in [0.25, 0.3) is 11.1 Å². The number of pyridine rings is 1. The molecule has 2 rings (SSSR count). The molecule has 0 aliphatic heterocycles. The van der Waals surface area contributed by atoms with E-state index in [4.69, 9.17) is 9.47 Å². The predicted octanol–water partition coefficient (Wildman–Crippen LogP) is 2.99. The zero-order valence-electron chi connectivity index (χ0n) is 12.2. The number of nitrogens with zero attached hydrogens (tertiary/aromatic N) is 1. The molecule has 0 bridgehead atoms. The van der Waals surface area contributed by atoms with Gasteiger partial charge in [-0.3, -0.25) is 4.98 Å². The van der Waals surface area contributed by atoms with Crippen molar-refractivity contribution in [2.45, 2.75) is 19.4 Å². The van der Waals surface area contributed by atoms with Crippen molar-refractivity contribution in [2.75, 3.05) is 14.2 Å². The van der Waals surface area contributed by atoms with Gasteiger partial charge in [-0.05, 0) is 37.6 Å². The third-order valence-corrected chi connectivity index (χ3v) is 3.16. The van der Waals surface area contributed by atoms with Crippen LogP contribution in [-0.4, -0.2) is 24.3 Å². The highest BCUT2D eigenvalue weighted by atomic mass is 16.5. The largest absolute Gasteiger partial charge is 0.493 e. The van der Waals surface area contributed by atoms with Crippen molar-refractivity contribution in [1.82, 2.24) is 4.98 Å². The Labute approximate surface area is 119 Å². The number of aromatic nitrogens is 1. The highest BCUT2D eigenvalue weighted by Crippen LogP contribution is 2.33. The Morgan fingerprint density at radius 2 is 1.65 bits per heavy atom. The number of methoxy groups -OCH3 is 2. The van der Waals surface area contributed by atoms with Gasteiger partial charge in [0.05, 0.1) is 19.8 Å². The molecule has 0 saturated carbocycles. The summed E-state index contributed by atoms with van der Waals surface area (Å²) in [5.41, 5.74) is 1.73. The van der Waals surface area contributed by atoms with Gasteiger partial charge >= 0.3 is 0 Å². The van der Waals surface area contributed by atoms with E-state index in [1.54, 1.807) is 40.5 Å². The molecule has 0 saturated heterocycles. The van der Waals surface area contributed by atoms with Crippen molar-refractivity contribution in [1.29, 1.82) is 0 Å². The van der Waals surface area contributed by atoms with Crippen LogP contribution in [-0.2, 0) is 5.60 Å². The van der Waals surface area contributed by atoms with E-state index in [1.807, 2.05) is 24.3 Å². The number of ether oxygens (including phenoxy) is 2. The summed E-state index contributed by atoms with van der Waals surface area (Å²) >= 11 is 0. The SMILES string of the molecule is COc1ccc(-c2cncc(C(C)(C)O)c2)cc1OC. The molecular weight excluding hydrogens is 254 g/mol. The van der Waals surface area contributed by atoms with Crippen LogP contribution in [0.4, 0.5) is 0 Å². The summed E-state index contributed by atoms with van der Waals surface area (Å²) < 4.78 is 10.5. The molecule has 1 N–H and O–H groups in total. The molecule has 0 spiro atoms. The van der Waals surface area contributed by atoms with Crippen LogP contribution in [0.15, 0.2) is 36.7 Å². The molecule has 0 fully saturated rings. The van der Waals surface area contributed by atoms with E-state index >= 15 is 0 Å². The Kier molecular flexibility index (Phi) is 3.95. The molecule has 0 aliphatic carbocycles. The third kappa shape index (κ3) is 2.91. The Bertz CT molecular complexity index is 603. The molecule has 1 heterocycles. The Morgan fingerprint density at radius 3 is 2.25 bits per heavy atom. The van der Waals surface area contributed by atoms with Crippen LogP contribution in [0.2, 0.25) is 0 Å². The standard InChI is InChI=1S/C16H19NO3/c1-16(2,18)13-7-12(9-17-10-13)11-5-6-14(19-3)15(8-11)20-4/h5-10,18H,1-4H3. The molecule has 20 heavy (non-hydrogen) atoms. The average molecular weight is 273 g/mol. The first-order valence-electron chi connectivity index (χ1n) is 6.36. The van der Waals surface area contributed by atoms with E-state index in [9.17, 15) is 5.11 Å². The minimum atomic E-state index is -0.917. The Morgan fingerprint density at radius 1 is 0.950 bits per heavy atom. The lowest BCUT2D eigenvalue weighted by molar-refractivity contribution is 0.0783. The zero-order valence-corrected chi connectivity index (χ0v) is 12.2. The predicted molar refractivity (Wildman–Crippen MR) is 78.0 cm³/mol. The minimum Gasteiger partial charge on any atom is -0.493 e. The van der Waals surface area contributed by atoms with Crippen molar-refractivity contribution in [3.8, 4) is 22.6 Å². The third-order valence-electron chi connectivity index (χ3n) is 3.16. The topological polar surface area (TPSA) is 51.6 Å². The molecule has 0 amide bonds. The fourth-order valence-electron chi connectivity index (χ4n) is 1.95. The average Bonchev–Trinajstić information content (AvgIpc) is 2.45. The van der Waals surface area contributed by atoms with E-state index in [0.717, 1.165) is 16.7 Å². The summed E-state index contributed by atoms with van der Waals surface area (Å²) in [7, 11) is 3.21. The molecule has 0 radical (unpaired) electrons. The van der Waals surface area contributed by atoms with Crippen LogP contribution in [0.1, 0.15) is 19.4 Å². The van der Waals surface area contributed by atoms with Gasteiger partial charge in [-0.2, -0.15) is 0 Å². The summed E-state index contributed by atoms with van der Waals surface area (Å²) in [5, 5.41) is 10.1. The van der Waals surface area contributed by atoms with Gasteiger partial charge in [0.1, 0.15) is 0 Å². The molecule has 4 nitrogen and oxygen atoms in total. The van der Waals surface area contributed by atoms with E-state index in [-0.39, 0.29) is 0 Å². The van der Waals surface area contributed by atoms with Gasteiger partial charge in [-0.25, -0.2) is 0 Å². The molecule has 1 aromatic carbocycles. The van der Waals surface area contributed by atoms with Gasteiger partial charge in [0.25, 0.3) is 0 Å². The smallest absolute Gasteiger partial charge is 0.161 e. The van der Waals surface area contributed by atoms with E-state index in [0.29, 0.717) is 11.5 Å². The fraction of sp³-hybridized carbons (Fsp3) is 0.312. The second-order valence-corrected chi connectivity index (χ2v) is 5.09. The number of rotatable bonds is 4. The molecule has 4 heteroatoms. The van der Waals surface area contributed by atoms with Crippen molar-refractivity contribution >= 4 is 0 Å². The van der Waals surface area contributed by atoms with Crippen molar-refractivity contribution in [3.63, 3.8) is 0 Å². The van der Waals surface area contributed by atoms with Gasteiger partial charge in [-0.15, -0.1) is 0 Å². The van der Waals surface area contributed by atoms with Crippen molar-refractivity contribution in [2.24, 2.45) is 0 Å². The highest BCUT2D eigenvalue weighted by molar-refractivity contribution is 5.67. The fourth-order valence-corrected chi connectivity index (χ4v) is 1.95. The van der Waals surface area contributed by atoms with Crippen molar-refractivity contribution < 1.29 is 14.6 Å². The second kappa shape index (κ2) is 5.51. The van der Waals surface area contributed by atoms with Gasteiger partial charge in [0.15, 0.2) is 11.5 Å². The lowest BCUT2D eigenvalue weighted by atomic mass is 9.97. The lowest BCUT2D eigenvalue weighted by Crippen LogP contribution is -2.15. The number of benzene rings is 1. The Hall–Kier alpha value is -2.07. The first-order valence-corrected chi connectivity index (χ1v) is 6.36. The van der Waals surface area contributed by atoms with Gasteiger partial charge in [-0.1, -0.05) is 6.07 Å². The highest BCUT2D eigenvalue weighted by Gasteiger charge is 2.17. The summed E-state index contributed by atoms with van der Waals surface area (Å²) in [6, 6.07) is 7.61. The lowest BCUT2D eigenvalue weighted by Gasteiger charge is -2.18. The Balaban J connectivity index is 2.46. The van der Waals surface area contributed by atoms with E-state index < -0.39 is 5.60 Å². The first-order chi connectivity index (χ1) is 9.45.